The summed E-state index contributed by atoms with van der Waals surface area (Å²) in [7, 11) is 1.61. The minimum absolute atomic E-state index is 0.462. The third-order valence-corrected chi connectivity index (χ3v) is 7.18. The van der Waals surface area contributed by atoms with Crippen LogP contribution in [0, 0.1) is 0 Å². The van der Waals surface area contributed by atoms with Crippen molar-refractivity contribution in [3.63, 3.8) is 0 Å². The number of benzene rings is 2. The molecule has 0 radical (unpaired) electrons. The molecule has 0 amide bonds. The van der Waals surface area contributed by atoms with Crippen LogP contribution in [-0.4, -0.2) is 63.5 Å². The van der Waals surface area contributed by atoms with E-state index in [4.69, 9.17) is 13.9 Å². The number of aliphatic hydroxyl groups is 4. The number of methoxy groups -OCH3 is 1. The van der Waals surface area contributed by atoms with Gasteiger partial charge in [0.1, 0.15) is 42.0 Å². The molecular formula is C25H25NO7S. The van der Waals surface area contributed by atoms with E-state index in [-0.39, 0.29) is 0 Å². The fourth-order valence-electron chi connectivity index (χ4n) is 4.49. The molecule has 0 aliphatic carbocycles. The molecule has 1 aliphatic heterocycles. The Bertz CT molecular complexity index is 1270. The molecule has 0 bridgehead atoms. The molecule has 4 N–H and O–H groups in total. The van der Waals surface area contributed by atoms with Crippen molar-refractivity contribution in [2.24, 2.45) is 0 Å². The summed E-state index contributed by atoms with van der Waals surface area (Å²) in [5, 5.41) is 43.5. The molecule has 34 heavy (non-hydrogen) atoms. The highest BCUT2D eigenvalue weighted by Crippen LogP contribution is 2.41. The van der Waals surface area contributed by atoms with Crippen LogP contribution in [0.2, 0.25) is 0 Å². The normalized spacial score (nSPS) is 25.0. The predicted octanol–water partition coefficient (Wildman–Crippen LogP) is 2.67. The van der Waals surface area contributed by atoms with Gasteiger partial charge in [0.2, 0.25) is 0 Å². The summed E-state index contributed by atoms with van der Waals surface area (Å²) in [4.78, 5) is 5.45. The van der Waals surface area contributed by atoms with Crippen molar-refractivity contribution in [1.29, 1.82) is 0 Å². The SMILES string of the molecule is COc1c(Cc2ncc(-c3ccco3)s2)cc([C@@H]2O[C@H](CO)[C@@H](O)[C@H](O)[C@H]2O)c2ccccc12. The van der Waals surface area contributed by atoms with Gasteiger partial charge >= 0.3 is 0 Å². The maximum absolute atomic E-state index is 10.8. The lowest BCUT2D eigenvalue weighted by Gasteiger charge is -2.40. The molecule has 0 unspecified atom stereocenters. The summed E-state index contributed by atoms with van der Waals surface area (Å²) in [6, 6.07) is 13.1. The van der Waals surface area contributed by atoms with Gasteiger partial charge < -0.3 is 34.3 Å². The van der Waals surface area contributed by atoms with E-state index >= 15 is 0 Å². The molecule has 1 saturated heterocycles. The predicted molar refractivity (Wildman–Crippen MR) is 126 cm³/mol. The zero-order valence-corrected chi connectivity index (χ0v) is 19.2. The first-order valence-electron chi connectivity index (χ1n) is 10.9. The van der Waals surface area contributed by atoms with Gasteiger partial charge in [-0.15, -0.1) is 11.3 Å². The summed E-state index contributed by atoms with van der Waals surface area (Å²) in [6.07, 6.45) is -2.37. The van der Waals surface area contributed by atoms with Gasteiger partial charge in [-0.1, -0.05) is 24.3 Å². The Kier molecular flexibility index (Phi) is 6.39. The molecule has 0 saturated carbocycles. The average Bonchev–Trinajstić information content (AvgIpc) is 3.55. The van der Waals surface area contributed by atoms with Crippen molar-refractivity contribution in [3.8, 4) is 16.4 Å². The molecule has 1 aliphatic rings. The fourth-order valence-corrected chi connectivity index (χ4v) is 5.40. The maximum Gasteiger partial charge on any atom is 0.145 e. The van der Waals surface area contributed by atoms with Gasteiger partial charge in [0.25, 0.3) is 0 Å². The van der Waals surface area contributed by atoms with Gasteiger partial charge in [0.15, 0.2) is 0 Å². The van der Waals surface area contributed by atoms with Crippen LogP contribution in [-0.2, 0) is 11.2 Å². The Labute approximate surface area is 199 Å². The molecule has 5 atom stereocenters. The zero-order chi connectivity index (χ0) is 23.8. The molecule has 0 spiro atoms. The molecule has 3 heterocycles. The summed E-state index contributed by atoms with van der Waals surface area (Å²) in [5.74, 6) is 1.43. The number of nitrogens with zero attached hydrogens (tertiary/aromatic N) is 1. The number of hydrogen-bond acceptors (Lipinski definition) is 9. The highest BCUT2D eigenvalue weighted by Gasteiger charge is 2.44. The van der Waals surface area contributed by atoms with Crippen LogP contribution in [0.3, 0.4) is 0 Å². The van der Waals surface area contributed by atoms with Gasteiger partial charge in [-0.25, -0.2) is 4.98 Å². The van der Waals surface area contributed by atoms with Gasteiger partial charge in [-0.3, -0.25) is 0 Å². The molecule has 5 rings (SSSR count). The molecule has 8 nitrogen and oxygen atoms in total. The first-order valence-corrected chi connectivity index (χ1v) is 11.7. The molecular weight excluding hydrogens is 458 g/mol. The van der Waals surface area contributed by atoms with Crippen molar-refractivity contribution in [2.75, 3.05) is 13.7 Å². The smallest absolute Gasteiger partial charge is 0.145 e. The van der Waals surface area contributed by atoms with Crippen LogP contribution in [0.5, 0.6) is 5.75 Å². The molecule has 178 valence electrons. The average molecular weight is 484 g/mol. The van der Waals surface area contributed by atoms with E-state index in [1.807, 2.05) is 42.5 Å². The van der Waals surface area contributed by atoms with E-state index in [1.165, 1.54) is 11.3 Å². The molecule has 9 heteroatoms. The quantitative estimate of drug-likeness (QED) is 0.330. The minimum atomic E-state index is -1.46. The standard InChI is InChI=1S/C25H25NO7S/c1-31-24-13(10-20-26-11-19(34-20)17-7-4-8-32-17)9-16(14-5-2-3-6-15(14)24)25-23(30)22(29)21(28)18(12-27)33-25/h2-9,11,18,21-23,25,27-30H,10,12H2,1H3/t18-,21-,22+,23-,25+/m1/s1. The van der Waals surface area contributed by atoms with E-state index in [2.05, 4.69) is 4.98 Å². The van der Waals surface area contributed by atoms with Crippen molar-refractivity contribution in [3.05, 3.63) is 71.1 Å². The monoisotopic (exact) mass is 483 g/mol. The largest absolute Gasteiger partial charge is 0.496 e. The Balaban J connectivity index is 1.59. The highest BCUT2D eigenvalue weighted by molar-refractivity contribution is 7.15. The number of aromatic nitrogens is 1. The number of thiazole rings is 1. The van der Waals surface area contributed by atoms with Gasteiger partial charge in [-0.05, 0) is 29.1 Å². The number of furan rings is 1. The summed E-state index contributed by atoms with van der Waals surface area (Å²) >= 11 is 1.51. The Morgan fingerprint density at radius 2 is 1.82 bits per heavy atom. The van der Waals surface area contributed by atoms with Gasteiger partial charge in [0.05, 0.1) is 29.9 Å². The lowest BCUT2D eigenvalue weighted by atomic mass is 9.87. The summed E-state index contributed by atoms with van der Waals surface area (Å²) in [6.45, 7) is -0.489. The van der Waals surface area contributed by atoms with Crippen LogP contribution < -0.4 is 4.74 Å². The van der Waals surface area contributed by atoms with Gasteiger partial charge in [-0.2, -0.15) is 0 Å². The first kappa shape index (κ1) is 23.0. The van der Waals surface area contributed by atoms with Crippen molar-refractivity contribution in [1.82, 2.24) is 4.98 Å². The Morgan fingerprint density at radius 1 is 1.03 bits per heavy atom. The van der Waals surface area contributed by atoms with E-state index in [0.717, 1.165) is 32.0 Å². The van der Waals surface area contributed by atoms with Crippen LogP contribution in [0.1, 0.15) is 22.2 Å². The second-order valence-corrected chi connectivity index (χ2v) is 9.34. The van der Waals surface area contributed by atoms with E-state index < -0.39 is 37.1 Å². The maximum atomic E-state index is 10.8. The molecule has 1 fully saturated rings. The Hall–Kier alpha value is -2.79. The van der Waals surface area contributed by atoms with Crippen molar-refractivity contribution < 1.29 is 34.3 Å². The van der Waals surface area contributed by atoms with E-state index in [0.29, 0.717) is 17.7 Å². The second-order valence-electron chi connectivity index (χ2n) is 8.23. The Morgan fingerprint density at radius 3 is 2.53 bits per heavy atom. The third kappa shape index (κ3) is 4.00. The number of ether oxygens (including phenoxy) is 2. The number of rotatable bonds is 6. The first-order chi connectivity index (χ1) is 16.5. The zero-order valence-electron chi connectivity index (χ0n) is 18.4. The van der Waals surface area contributed by atoms with Crippen LogP contribution in [0.25, 0.3) is 21.4 Å². The number of hydrogen-bond donors (Lipinski definition) is 4. The number of aliphatic hydroxyl groups excluding tert-OH is 4. The fraction of sp³-hybridized carbons (Fsp3) is 0.320. The lowest BCUT2D eigenvalue weighted by Crippen LogP contribution is -2.55. The highest BCUT2D eigenvalue weighted by atomic mass is 32.1. The lowest BCUT2D eigenvalue weighted by molar-refractivity contribution is -0.231. The van der Waals surface area contributed by atoms with E-state index in [1.54, 1.807) is 19.6 Å². The summed E-state index contributed by atoms with van der Waals surface area (Å²) < 4.78 is 17.1. The van der Waals surface area contributed by atoms with Crippen molar-refractivity contribution in [2.45, 2.75) is 36.9 Å². The molecule has 2 aromatic heterocycles. The van der Waals surface area contributed by atoms with Crippen LogP contribution in [0.4, 0.5) is 0 Å². The van der Waals surface area contributed by atoms with E-state index in [9.17, 15) is 20.4 Å². The van der Waals surface area contributed by atoms with Crippen LogP contribution >= 0.6 is 11.3 Å². The van der Waals surface area contributed by atoms with Gasteiger partial charge in [0, 0.05) is 23.6 Å². The molecule has 4 aromatic rings. The van der Waals surface area contributed by atoms with Crippen molar-refractivity contribution >= 4 is 22.1 Å². The number of fused-ring (bicyclic) bond motifs is 1. The third-order valence-electron chi connectivity index (χ3n) is 6.17. The second kappa shape index (κ2) is 9.46. The minimum Gasteiger partial charge on any atom is -0.496 e. The van der Waals surface area contributed by atoms with Crippen LogP contribution in [0.15, 0.2) is 59.3 Å². The topological polar surface area (TPSA) is 125 Å². The summed E-state index contributed by atoms with van der Waals surface area (Å²) in [5.41, 5.74) is 1.46. The molecule has 2 aromatic carbocycles.